The van der Waals surface area contributed by atoms with Gasteiger partial charge < -0.3 is 9.88 Å². The Kier molecular flexibility index (Phi) is 3.24. The van der Waals surface area contributed by atoms with E-state index in [0.29, 0.717) is 0 Å². The summed E-state index contributed by atoms with van der Waals surface area (Å²) < 4.78 is 0. The van der Waals surface area contributed by atoms with Crippen molar-refractivity contribution in [3.8, 4) is 0 Å². The molecule has 1 heterocycles. The number of aromatic nitrogens is 2. The maximum absolute atomic E-state index is 11.2. The highest BCUT2D eigenvalue weighted by atomic mass is 16.6. The van der Waals surface area contributed by atoms with Gasteiger partial charge in [-0.2, -0.15) is 0 Å². The molecule has 2 N–H and O–H groups in total. The fourth-order valence-corrected chi connectivity index (χ4v) is 1.02. The van der Waals surface area contributed by atoms with Crippen LogP contribution in [0.5, 0.6) is 0 Å². The summed E-state index contributed by atoms with van der Waals surface area (Å²) in [7, 11) is 3.40. The molecule has 0 aliphatic heterocycles. The molecular formula is C8H10N4O4. The minimum absolute atomic E-state index is 0.132. The first-order chi connectivity index (χ1) is 7.41. The van der Waals surface area contributed by atoms with Gasteiger partial charge in [0.15, 0.2) is 0 Å². The van der Waals surface area contributed by atoms with Gasteiger partial charge in [0, 0.05) is 20.3 Å². The first kappa shape index (κ1) is 11.7. The molecule has 1 aromatic heterocycles. The van der Waals surface area contributed by atoms with Crippen molar-refractivity contribution in [2.45, 2.75) is 0 Å². The van der Waals surface area contributed by atoms with Crippen LogP contribution >= 0.6 is 0 Å². The normalized spacial score (nSPS) is 10.6. The Bertz CT molecular complexity index is 540. The van der Waals surface area contributed by atoms with Crippen molar-refractivity contribution in [3.63, 3.8) is 0 Å². The highest BCUT2D eigenvalue weighted by Gasteiger charge is 2.18. The fraction of sp³-hybridized carbons (Fsp3) is 0.250. The molecule has 86 valence electrons. The Hall–Kier alpha value is -2.38. The van der Waals surface area contributed by atoms with Crippen molar-refractivity contribution in [1.82, 2.24) is 14.9 Å². The summed E-state index contributed by atoms with van der Waals surface area (Å²) in [6.45, 7) is 0. The van der Waals surface area contributed by atoms with Crippen LogP contribution in [0.2, 0.25) is 0 Å². The molecule has 1 rings (SSSR count). The zero-order valence-electron chi connectivity index (χ0n) is 8.68. The van der Waals surface area contributed by atoms with Crippen LogP contribution in [0.3, 0.4) is 0 Å². The van der Waals surface area contributed by atoms with Crippen LogP contribution in [0.25, 0.3) is 6.08 Å². The van der Waals surface area contributed by atoms with Crippen molar-refractivity contribution in [2.75, 3.05) is 14.1 Å². The van der Waals surface area contributed by atoms with E-state index >= 15 is 0 Å². The van der Waals surface area contributed by atoms with Crippen LogP contribution < -0.4 is 11.2 Å². The van der Waals surface area contributed by atoms with Gasteiger partial charge in [-0.3, -0.25) is 19.9 Å². The number of hydrogen-bond acceptors (Lipinski definition) is 5. The zero-order chi connectivity index (χ0) is 12.3. The van der Waals surface area contributed by atoms with Crippen LogP contribution in [0.15, 0.2) is 15.8 Å². The molecule has 0 atom stereocenters. The molecule has 8 heteroatoms. The lowest BCUT2D eigenvalue weighted by molar-refractivity contribution is -0.386. The van der Waals surface area contributed by atoms with Crippen LogP contribution in [0, 0.1) is 10.1 Å². The summed E-state index contributed by atoms with van der Waals surface area (Å²) in [5, 5.41) is 10.6. The average molecular weight is 226 g/mol. The van der Waals surface area contributed by atoms with E-state index < -0.39 is 21.9 Å². The van der Waals surface area contributed by atoms with E-state index in [0.717, 1.165) is 0 Å². The maximum Gasteiger partial charge on any atom is 0.357 e. The first-order valence-corrected chi connectivity index (χ1v) is 4.27. The standard InChI is InChI=1S/C8H10N4O4/c1-11(2)4-3-5-6(12(15)16)7(13)10-8(14)9-5/h3-4H,1-2H3,(H2,9,10,13,14)/b4-3-. The quantitative estimate of drug-likeness (QED) is 0.533. The van der Waals surface area contributed by atoms with Crippen LogP contribution in [0.1, 0.15) is 5.69 Å². The number of aromatic amines is 2. The van der Waals surface area contributed by atoms with E-state index in [9.17, 15) is 19.7 Å². The van der Waals surface area contributed by atoms with Gasteiger partial charge in [-0.05, 0) is 6.08 Å². The van der Waals surface area contributed by atoms with Crippen molar-refractivity contribution >= 4 is 11.8 Å². The molecule has 16 heavy (non-hydrogen) atoms. The monoisotopic (exact) mass is 226 g/mol. The Morgan fingerprint density at radius 3 is 2.44 bits per heavy atom. The van der Waals surface area contributed by atoms with Gasteiger partial charge in [0.25, 0.3) is 0 Å². The topological polar surface area (TPSA) is 112 Å². The Balaban J connectivity index is 3.42. The summed E-state index contributed by atoms with van der Waals surface area (Å²) >= 11 is 0. The average Bonchev–Trinajstić information content (AvgIpc) is 2.12. The SMILES string of the molecule is CN(C)/C=C\c1[nH]c(=O)[nH]c(=O)c1[N+](=O)[O-]. The lowest BCUT2D eigenvalue weighted by atomic mass is 10.3. The van der Waals surface area contributed by atoms with Crippen LogP contribution in [-0.4, -0.2) is 33.9 Å². The van der Waals surface area contributed by atoms with Crippen molar-refractivity contribution < 1.29 is 4.92 Å². The molecule has 1 aromatic rings. The minimum atomic E-state index is -1.02. The third-order valence-electron chi connectivity index (χ3n) is 1.67. The molecule has 0 saturated carbocycles. The lowest BCUT2D eigenvalue weighted by Crippen LogP contribution is -2.25. The summed E-state index contributed by atoms with van der Waals surface area (Å²) in [5.74, 6) is 0. The summed E-state index contributed by atoms with van der Waals surface area (Å²) in [4.78, 5) is 37.5. The smallest absolute Gasteiger partial charge is 0.357 e. The number of nitrogens with zero attached hydrogens (tertiary/aromatic N) is 2. The predicted octanol–water partition coefficient (Wildman–Crippen LogP) is -0.496. The number of H-pyrrole nitrogens is 2. The molecule has 0 spiro atoms. The van der Waals surface area contributed by atoms with Gasteiger partial charge in [-0.1, -0.05) is 0 Å². The second kappa shape index (κ2) is 4.43. The molecule has 0 aliphatic rings. The summed E-state index contributed by atoms with van der Waals surface area (Å²) in [5.41, 5.74) is -2.62. The van der Waals surface area contributed by atoms with Gasteiger partial charge in [0.05, 0.1) is 4.92 Å². The Morgan fingerprint density at radius 1 is 1.31 bits per heavy atom. The maximum atomic E-state index is 11.2. The van der Waals surface area contributed by atoms with E-state index in [1.165, 1.54) is 12.3 Å². The fourth-order valence-electron chi connectivity index (χ4n) is 1.02. The molecular weight excluding hydrogens is 216 g/mol. The highest BCUT2D eigenvalue weighted by Crippen LogP contribution is 2.09. The zero-order valence-corrected chi connectivity index (χ0v) is 8.68. The van der Waals surface area contributed by atoms with Crippen molar-refractivity contribution in [1.29, 1.82) is 0 Å². The van der Waals surface area contributed by atoms with Gasteiger partial charge in [-0.15, -0.1) is 0 Å². The summed E-state index contributed by atoms with van der Waals surface area (Å²) in [6, 6.07) is 0. The Labute approximate surface area is 89.4 Å². The highest BCUT2D eigenvalue weighted by molar-refractivity contribution is 5.54. The Morgan fingerprint density at radius 2 is 1.94 bits per heavy atom. The summed E-state index contributed by atoms with van der Waals surface area (Å²) in [6.07, 6.45) is 2.77. The third-order valence-corrected chi connectivity index (χ3v) is 1.67. The lowest BCUT2D eigenvalue weighted by Gasteiger charge is -2.02. The van der Waals surface area contributed by atoms with E-state index in [1.54, 1.807) is 24.0 Å². The van der Waals surface area contributed by atoms with Gasteiger partial charge >= 0.3 is 16.9 Å². The predicted molar refractivity (Wildman–Crippen MR) is 57.1 cm³/mol. The van der Waals surface area contributed by atoms with E-state index in [2.05, 4.69) is 4.98 Å². The van der Waals surface area contributed by atoms with Gasteiger partial charge in [-0.25, -0.2) is 4.79 Å². The third kappa shape index (κ3) is 2.56. The molecule has 0 amide bonds. The number of rotatable bonds is 3. The molecule has 8 nitrogen and oxygen atoms in total. The molecule has 0 unspecified atom stereocenters. The van der Waals surface area contributed by atoms with E-state index in [4.69, 9.17) is 0 Å². The molecule has 0 aliphatic carbocycles. The molecule has 0 aromatic carbocycles. The molecule has 0 fully saturated rings. The second-order valence-corrected chi connectivity index (χ2v) is 3.21. The van der Waals surface area contributed by atoms with Crippen molar-refractivity contribution in [3.05, 3.63) is 42.8 Å². The van der Waals surface area contributed by atoms with Crippen molar-refractivity contribution in [2.24, 2.45) is 0 Å². The van der Waals surface area contributed by atoms with E-state index in [-0.39, 0.29) is 5.69 Å². The van der Waals surface area contributed by atoms with Gasteiger partial charge in [0.2, 0.25) is 0 Å². The van der Waals surface area contributed by atoms with Crippen LogP contribution in [0.4, 0.5) is 5.69 Å². The molecule has 0 bridgehead atoms. The van der Waals surface area contributed by atoms with E-state index in [1.807, 2.05) is 0 Å². The van der Waals surface area contributed by atoms with Crippen LogP contribution in [-0.2, 0) is 0 Å². The number of hydrogen-bond donors (Lipinski definition) is 2. The minimum Gasteiger partial charge on any atom is -0.383 e. The molecule has 0 saturated heterocycles. The second-order valence-electron chi connectivity index (χ2n) is 3.21. The van der Waals surface area contributed by atoms with Gasteiger partial charge in [0.1, 0.15) is 5.69 Å². The number of nitrogens with one attached hydrogen (secondary N) is 2. The first-order valence-electron chi connectivity index (χ1n) is 4.27. The molecule has 0 radical (unpaired) electrons. The number of nitro groups is 1. The largest absolute Gasteiger partial charge is 0.383 e.